The molecule has 0 aliphatic carbocycles. The summed E-state index contributed by atoms with van der Waals surface area (Å²) in [5.41, 5.74) is 0. The van der Waals surface area contributed by atoms with E-state index < -0.39 is 0 Å². The fourth-order valence-corrected chi connectivity index (χ4v) is 3.60. The van der Waals surface area contributed by atoms with E-state index in [4.69, 9.17) is 4.74 Å². The van der Waals surface area contributed by atoms with Crippen molar-refractivity contribution in [3.8, 4) is 0 Å². The SMILES string of the molecule is CC1CN(C(=O)C(C)Sc2ccc(Br)cc2)CC(C)O1. The van der Waals surface area contributed by atoms with Gasteiger partial charge in [0.2, 0.25) is 5.91 Å². The summed E-state index contributed by atoms with van der Waals surface area (Å²) >= 11 is 5.02. The van der Waals surface area contributed by atoms with Crippen molar-refractivity contribution in [3.05, 3.63) is 28.7 Å². The summed E-state index contributed by atoms with van der Waals surface area (Å²) in [6.07, 6.45) is 0.236. The van der Waals surface area contributed by atoms with E-state index in [0.717, 1.165) is 9.37 Å². The summed E-state index contributed by atoms with van der Waals surface area (Å²) in [7, 11) is 0. The zero-order chi connectivity index (χ0) is 14.7. The molecule has 0 radical (unpaired) electrons. The lowest BCUT2D eigenvalue weighted by Gasteiger charge is -2.36. The van der Waals surface area contributed by atoms with Gasteiger partial charge in [-0.05, 0) is 45.0 Å². The summed E-state index contributed by atoms with van der Waals surface area (Å²) in [6.45, 7) is 7.38. The number of rotatable bonds is 3. The van der Waals surface area contributed by atoms with E-state index in [1.807, 2.05) is 49.9 Å². The van der Waals surface area contributed by atoms with Gasteiger partial charge in [0.15, 0.2) is 0 Å². The Labute approximate surface area is 133 Å². The van der Waals surface area contributed by atoms with Crippen molar-refractivity contribution in [2.45, 2.75) is 43.1 Å². The lowest BCUT2D eigenvalue weighted by Crippen LogP contribution is -2.50. The number of ether oxygens (including phenoxy) is 1. The first-order chi connectivity index (χ1) is 9.45. The molecule has 0 aromatic heterocycles. The second kappa shape index (κ2) is 6.96. The molecule has 110 valence electrons. The van der Waals surface area contributed by atoms with Gasteiger partial charge in [-0.2, -0.15) is 0 Å². The Kier molecular flexibility index (Phi) is 5.52. The third-order valence-electron chi connectivity index (χ3n) is 3.21. The van der Waals surface area contributed by atoms with Crippen LogP contribution in [0, 0.1) is 0 Å². The second-order valence-corrected chi connectivity index (χ2v) is 7.54. The van der Waals surface area contributed by atoms with E-state index in [1.54, 1.807) is 11.8 Å². The van der Waals surface area contributed by atoms with Crippen molar-refractivity contribution < 1.29 is 9.53 Å². The molecule has 1 heterocycles. The predicted octanol–water partition coefficient (Wildman–Crippen LogP) is 3.57. The zero-order valence-electron chi connectivity index (χ0n) is 12.0. The molecule has 3 unspecified atom stereocenters. The molecule has 5 heteroatoms. The predicted molar refractivity (Wildman–Crippen MR) is 86.1 cm³/mol. The molecule has 20 heavy (non-hydrogen) atoms. The molecule has 1 aliphatic rings. The lowest BCUT2D eigenvalue weighted by molar-refractivity contribution is -0.142. The van der Waals surface area contributed by atoms with Crippen LogP contribution in [0.1, 0.15) is 20.8 Å². The van der Waals surface area contributed by atoms with Gasteiger partial charge in [-0.1, -0.05) is 15.9 Å². The van der Waals surface area contributed by atoms with Crippen molar-refractivity contribution in [3.63, 3.8) is 0 Å². The maximum absolute atomic E-state index is 12.5. The normalized spacial score (nSPS) is 24.5. The van der Waals surface area contributed by atoms with Crippen LogP contribution in [-0.4, -0.2) is 41.4 Å². The van der Waals surface area contributed by atoms with Gasteiger partial charge in [0.1, 0.15) is 0 Å². The van der Waals surface area contributed by atoms with Crippen LogP contribution < -0.4 is 0 Å². The maximum Gasteiger partial charge on any atom is 0.235 e. The molecule has 2 rings (SSSR count). The number of amides is 1. The third-order valence-corrected chi connectivity index (χ3v) is 4.83. The molecular formula is C15H20BrNO2S. The second-order valence-electron chi connectivity index (χ2n) is 5.21. The van der Waals surface area contributed by atoms with Crippen LogP contribution in [0.4, 0.5) is 0 Å². The molecule has 1 saturated heterocycles. The van der Waals surface area contributed by atoms with E-state index in [-0.39, 0.29) is 23.4 Å². The highest BCUT2D eigenvalue weighted by Gasteiger charge is 2.28. The van der Waals surface area contributed by atoms with E-state index in [0.29, 0.717) is 13.1 Å². The summed E-state index contributed by atoms with van der Waals surface area (Å²) < 4.78 is 6.72. The van der Waals surface area contributed by atoms with Crippen molar-refractivity contribution in [1.29, 1.82) is 0 Å². The van der Waals surface area contributed by atoms with Gasteiger partial charge < -0.3 is 9.64 Å². The molecule has 3 nitrogen and oxygen atoms in total. The minimum atomic E-state index is -0.0753. The van der Waals surface area contributed by atoms with Crippen LogP contribution in [0.25, 0.3) is 0 Å². The Morgan fingerprint density at radius 1 is 1.30 bits per heavy atom. The quantitative estimate of drug-likeness (QED) is 0.774. The van der Waals surface area contributed by atoms with E-state index in [9.17, 15) is 4.79 Å². The average Bonchev–Trinajstić information content (AvgIpc) is 2.39. The molecule has 1 aromatic rings. The van der Waals surface area contributed by atoms with Crippen LogP contribution >= 0.6 is 27.7 Å². The molecule has 0 bridgehead atoms. The Morgan fingerprint density at radius 3 is 2.40 bits per heavy atom. The molecule has 1 amide bonds. The number of hydrogen-bond acceptors (Lipinski definition) is 3. The molecule has 1 aliphatic heterocycles. The first-order valence-corrected chi connectivity index (χ1v) is 8.49. The summed E-state index contributed by atoms with van der Waals surface area (Å²) in [5, 5.41) is -0.0753. The summed E-state index contributed by atoms with van der Waals surface area (Å²) in [4.78, 5) is 15.5. The van der Waals surface area contributed by atoms with Gasteiger partial charge >= 0.3 is 0 Å². The average molecular weight is 358 g/mol. The van der Waals surface area contributed by atoms with Crippen LogP contribution in [0.3, 0.4) is 0 Å². The molecule has 0 saturated carbocycles. The number of morpholine rings is 1. The van der Waals surface area contributed by atoms with Gasteiger partial charge in [0.25, 0.3) is 0 Å². The highest BCUT2D eigenvalue weighted by Crippen LogP contribution is 2.26. The summed E-state index contributed by atoms with van der Waals surface area (Å²) in [5.74, 6) is 0.194. The number of nitrogens with zero attached hydrogens (tertiary/aromatic N) is 1. The zero-order valence-corrected chi connectivity index (χ0v) is 14.4. The van der Waals surface area contributed by atoms with Gasteiger partial charge in [0.05, 0.1) is 17.5 Å². The number of halogens is 1. The van der Waals surface area contributed by atoms with Crippen LogP contribution in [0.2, 0.25) is 0 Å². The van der Waals surface area contributed by atoms with Gasteiger partial charge in [0, 0.05) is 22.5 Å². The molecule has 3 atom stereocenters. The molecule has 0 spiro atoms. The third kappa shape index (κ3) is 4.24. The lowest BCUT2D eigenvalue weighted by atomic mass is 10.2. The highest BCUT2D eigenvalue weighted by atomic mass is 79.9. The smallest absolute Gasteiger partial charge is 0.235 e. The Balaban J connectivity index is 1.96. The minimum absolute atomic E-state index is 0.0753. The Hall–Kier alpha value is -0.520. The first-order valence-electron chi connectivity index (χ1n) is 6.82. The Bertz CT molecular complexity index is 455. The molecule has 1 fully saturated rings. The number of hydrogen-bond donors (Lipinski definition) is 0. The fourth-order valence-electron chi connectivity index (χ4n) is 2.38. The number of benzene rings is 1. The van der Waals surface area contributed by atoms with E-state index in [1.165, 1.54) is 0 Å². The first kappa shape index (κ1) is 15.9. The fraction of sp³-hybridized carbons (Fsp3) is 0.533. The largest absolute Gasteiger partial charge is 0.372 e. The van der Waals surface area contributed by atoms with Crippen LogP contribution in [0.5, 0.6) is 0 Å². The number of carbonyl (C=O) groups is 1. The van der Waals surface area contributed by atoms with E-state index in [2.05, 4.69) is 15.9 Å². The van der Waals surface area contributed by atoms with Gasteiger partial charge in [-0.15, -0.1) is 11.8 Å². The standard InChI is InChI=1S/C15H20BrNO2S/c1-10-8-17(9-11(2)19-10)15(18)12(3)20-14-6-4-13(16)5-7-14/h4-7,10-12H,8-9H2,1-3H3. The van der Waals surface area contributed by atoms with Crippen molar-refractivity contribution in [2.75, 3.05) is 13.1 Å². The Morgan fingerprint density at radius 2 is 1.85 bits per heavy atom. The summed E-state index contributed by atoms with van der Waals surface area (Å²) in [6, 6.07) is 8.06. The highest BCUT2D eigenvalue weighted by molar-refractivity contribution is 9.10. The van der Waals surface area contributed by atoms with E-state index >= 15 is 0 Å². The van der Waals surface area contributed by atoms with Crippen molar-refractivity contribution in [1.82, 2.24) is 4.90 Å². The van der Waals surface area contributed by atoms with Crippen molar-refractivity contribution >= 4 is 33.6 Å². The monoisotopic (exact) mass is 357 g/mol. The minimum Gasteiger partial charge on any atom is -0.372 e. The molecule has 0 N–H and O–H groups in total. The van der Waals surface area contributed by atoms with Gasteiger partial charge in [-0.25, -0.2) is 0 Å². The number of thioether (sulfide) groups is 1. The number of carbonyl (C=O) groups excluding carboxylic acids is 1. The maximum atomic E-state index is 12.5. The van der Waals surface area contributed by atoms with Gasteiger partial charge in [-0.3, -0.25) is 4.79 Å². The van der Waals surface area contributed by atoms with Crippen LogP contribution in [0.15, 0.2) is 33.6 Å². The molecule has 1 aromatic carbocycles. The molecular weight excluding hydrogens is 338 g/mol. The van der Waals surface area contributed by atoms with Crippen molar-refractivity contribution in [2.24, 2.45) is 0 Å². The van der Waals surface area contributed by atoms with Crippen LogP contribution in [-0.2, 0) is 9.53 Å². The topological polar surface area (TPSA) is 29.5 Å².